The number of aliphatic carboxylic acids is 6. The minimum Gasteiger partial charge on any atom is -0.502 e. The van der Waals surface area contributed by atoms with Gasteiger partial charge in [-0.25, -0.2) is 14.4 Å². The number of nitrogens with one attached hydrogen (secondary N) is 9. The van der Waals surface area contributed by atoms with Crippen molar-refractivity contribution in [3.63, 3.8) is 0 Å². The van der Waals surface area contributed by atoms with E-state index >= 15 is 0 Å². The Morgan fingerprint density at radius 2 is 0.789 bits per heavy atom. The van der Waals surface area contributed by atoms with E-state index in [0.29, 0.717) is 11.1 Å². The summed E-state index contributed by atoms with van der Waals surface area (Å²) in [5.74, 6) is -18.5. The molecule has 0 bridgehead atoms. The van der Waals surface area contributed by atoms with Gasteiger partial charge >= 0.3 is 41.8 Å². The highest BCUT2D eigenvalue weighted by atomic mass is 16.4. The summed E-state index contributed by atoms with van der Waals surface area (Å²) in [6, 6.07) is 14.7. The molecule has 0 spiro atoms. The van der Waals surface area contributed by atoms with Crippen LogP contribution in [0.4, 0.5) is 4.79 Å². The second-order valence-corrected chi connectivity index (χ2v) is 28.4. The molecule has 0 aliphatic rings. The van der Waals surface area contributed by atoms with Crippen LogP contribution in [0.5, 0.6) is 23.0 Å². The summed E-state index contributed by atoms with van der Waals surface area (Å²) < 4.78 is 3.12. The molecule has 5 heterocycles. The molecule has 44 nitrogen and oxygen atoms in total. The molecule has 3 atom stereocenters. The average molecular weight is 1720 g/mol. The Bertz CT molecular complexity index is 5340. The fourth-order valence-corrected chi connectivity index (χ4v) is 12.9. The van der Waals surface area contributed by atoms with Crippen LogP contribution in [0.2, 0.25) is 0 Å². The van der Waals surface area contributed by atoms with Crippen molar-refractivity contribution in [2.45, 2.75) is 123 Å². The van der Waals surface area contributed by atoms with E-state index in [4.69, 9.17) is 5.11 Å². The molecular formula is C79H94N16O28. The fourth-order valence-electron chi connectivity index (χ4n) is 12.9. The lowest BCUT2D eigenvalue weighted by Crippen LogP contribution is -2.51. The van der Waals surface area contributed by atoms with E-state index in [1.165, 1.54) is 46.0 Å². The molecule has 44 heteroatoms. The van der Waals surface area contributed by atoms with Crippen molar-refractivity contribution < 1.29 is 118 Å². The summed E-state index contributed by atoms with van der Waals surface area (Å²) in [5, 5.41) is 124. The van der Waals surface area contributed by atoms with E-state index in [2.05, 4.69) is 47.5 Å². The van der Waals surface area contributed by atoms with E-state index in [1.54, 1.807) is 15.9 Å². The Balaban J connectivity index is 0.991. The molecule has 19 N–H and O–H groups in total. The van der Waals surface area contributed by atoms with Crippen molar-refractivity contribution in [3.05, 3.63) is 188 Å². The van der Waals surface area contributed by atoms with Gasteiger partial charge in [0.15, 0.2) is 23.0 Å². The summed E-state index contributed by atoms with van der Waals surface area (Å²) in [4.78, 5) is 237. The number of pyridine rings is 5. The maximum absolute atomic E-state index is 13.9. The number of carboxylic acids is 6. The van der Waals surface area contributed by atoms with Gasteiger partial charge < -0.3 is 103 Å². The standard InChI is InChI=1S/C79H94N16O28/c1-42-30-50(63(105)73(115)92(42)38-58(96)86-37-47-14-16-54(85-36-47)72(114)87-57(35-46-13-15-48-10-5-6-11-49(48)34-46)71(113)80-19-8-7-12-55(77(119)120)88-79(123)89-56(78(121)122)17-18-59(97)98)67(109)81-20-26-90(27-21-82-68(110)51-31-43(2)93(39-60(99)100)74(116)64(51)106)24-9-25-91(28-22-83-69(111)52-32-44(3)94(40-61(101)102)75(117)65(52)107)29-23-84-70(112)53-33-45(4)95(41-62(103)104)76(118)66(53)108/h5-6,10-11,13-16,30-34,36,55-57,105-108H,7-9,12,17-29,35,37-41H2,1-4H3,(H,80,113)(H,81,109)(H,82,110)(H,83,111)(H,84,112)(H,86,96)(H,87,114)(H,97,98)(H,99,100)(H,101,102)(H,103,104)(H,119,120)(H,121,122)(H2,88,89,123)/t55-,56+,57-/m0/s1. The van der Waals surface area contributed by atoms with Crippen LogP contribution in [0, 0.1) is 27.7 Å². The van der Waals surface area contributed by atoms with E-state index in [0.717, 1.165) is 53.3 Å². The number of urea groups is 1. The number of carbonyl (C=O) groups excluding carboxylic acids is 8. The van der Waals surface area contributed by atoms with E-state index in [1.807, 2.05) is 41.7 Å². The first-order valence-corrected chi connectivity index (χ1v) is 38.2. The lowest BCUT2D eigenvalue weighted by Gasteiger charge is -2.26. The Hall–Kier alpha value is -14.8. The zero-order valence-electron chi connectivity index (χ0n) is 67.0. The number of aromatic hydroxyl groups is 4. The number of aromatic nitrogens is 5. The molecule has 7 rings (SSSR count). The maximum Gasteiger partial charge on any atom is 0.326 e. The summed E-state index contributed by atoms with van der Waals surface area (Å²) >= 11 is 0. The van der Waals surface area contributed by atoms with Crippen LogP contribution < -0.4 is 70.1 Å². The summed E-state index contributed by atoms with van der Waals surface area (Å²) in [6.07, 6.45) is 0.585. The predicted molar refractivity (Wildman–Crippen MR) is 431 cm³/mol. The zero-order chi connectivity index (χ0) is 90.6. The Kier molecular flexibility index (Phi) is 34.7. The SMILES string of the molecule is Cc1cc(C(=O)NCCN(CCCN(CCNC(=O)c2cc(C)n(CC(=O)O)c(=O)c2O)CCNC(=O)c2cc(C)n(CC(=O)NCc3ccc(C(=O)N[C@@H](Cc4ccc5ccccc5c4)C(=O)NCCCC[C@H](NC(=O)N[C@H](CCC(=O)O)C(=O)O)C(=O)O)nc3)c(=O)c2O)CCNC(=O)c2cc(C)n(CC(=O)O)c(=O)c2O)c(O)c(=O)n1CC(=O)O. The molecule has 0 aliphatic heterocycles. The molecule has 5 aromatic heterocycles. The third-order valence-electron chi connectivity index (χ3n) is 19.4. The quantitative estimate of drug-likeness (QED) is 0.0188. The Morgan fingerprint density at radius 1 is 0.390 bits per heavy atom. The number of fused-ring (bicyclic) bond motifs is 1. The molecule has 123 heavy (non-hydrogen) atoms. The monoisotopic (exact) mass is 1710 g/mol. The van der Waals surface area contributed by atoms with E-state index in [-0.39, 0.29) is 139 Å². The highest BCUT2D eigenvalue weighted by molar-refractivity contribution is 6.00. The van der Waals surface area contributed by atoms with Crippen molar-refractivity contribution in [2.75, 3.05) is 72.0 Å². The van der Waals surface area contributed by atoms with Crippen LogP contribution in [0.1, 0.15) is 124 Å². The third-order valence-corrected chi connectivity index (χ3v) is 19.4. The largest absolute Gasteiger partial charge is 0.502 e. The van der Waals surface area contributed by atoms with Gasteiger partial charge in [-0.3, -0.25) is 100 Å². The number of hydrogen-bond donors (Lipinski definition) is 19. The van der Waals surface area contributed by atoms with Crippen LogP contribution in [0.25, 0.3) is 10.8 Å². The fraction of sp³-hybridized carbons (Fsp3) is 0.380. The molecule has 2 aromatic carbocycles. The van der Waals surface area contributed by atoms with Gasteiger partial charge in [0.25, 0.3) is 51.8 Å². The lowest BCUT2D eigenvalue weighted by molar-refractivity contribution is -0.141. The topological polar surface area (TPSA) is 657 Å². The Morgan fingerprint density at radius 3 is 1.18 bits per heavy atom. The molecule has 658 valence electrons. The van der Waals surface area contributed by atoms with Gasteiger partial charge in [0.2, 0.25) is 11.8 Å². The summed E-state index contributed by atoms with van der Waals surface area (Å²) in [6.45, 7) is 1.40. The minimum absolute atomic E-state index is 0.00109. The lowest BCUT2D eigenvalue weighted by atomic mass is 10.0. The second-order valence-electron chi connectivity index (χ2n) is 28.4. The van der Waals surface area contributed by atoms with Crippen molar-refractivity contribution in [2.24, 2.45) is 0 Å². The normalized spacial score (nSPS) is 11.8. The smallest absolute Gasteiger partial charge is 0.326 e. The number of unbranched alkanes of at least 4 members (excludes halogenated alkanes) is 1. The van der Waals surface area contributed by atoms with Crippen molar-refractivity contribution in [1.29, 1.82) is 0 Å². The molecule has 0 fully saturated rings. The number of nitrogens with zero attached hydrogens (tertiary/aromatic N) is 7. The maximum atomic E-state index is 13.9. The van der Waals surface area contributed by atoms with E-state index < -0.39 is 208 Å². The summed E-state index contributed by atoms with van der Waals surface area (Å²) in [7, 11) is 0. The first-order chi connectivity index (χ1) is 58.2. The van der Waals surface area contributed by atoms with Gasteiger partial charge in [-0.15, -0.1) is 0 Å². The summed E-state index contributed by atoms with van der Waals surface area (Å²) in [5.41, 5.74) is -5.47. The predicted octanol–water partition coefficient (Wildman–Crippen LogP) is -1.78. The van der Waals surface area contributed by atoms with Crippen LogP contribution in [0.15, 0.2) is 104 Å². The van der Waals surface area contributed by atoms with Gasteiger partial charge in [-0.1, -0.05) is 48.5 Å². The first kappa shape index (κ1) is 95.3. The van der Waals surface area contributed by atoms with Gasteiger partial charge in [0.05, 0.1) is 22.3 Å². The molecule has 0 saturated heterocycles. The van der Waals surface area contributed by atoms with Crippen molar-refractivity contribution in [3.8, 4) is 23.0 Å². The van der Waals surface area contributed by atoms with Gasteiger partial charge in [-0.05, 0) is 125 Å². The molecule has 0 aliphatic carbocycles. The zero-order valence-corrected chi connectivity index (χ0v) is 67.0. The number of aryl methyl sites for hydroxylation is 4. The van der Waals surface area contributed by atoms with Crippen LogP contribution >= 0.6 is 0 Å². The molecule has 7 aromatic rings. The number of rotatable bonds is 47. The van der Waals surface area contributed by atoms with Crippen LogP contribution in [0.3, 0.4) is 0 Å². The third kappa shape index (κ3) is 27.6. The number of hydrogen-bond acceptors (Lipinski definition) is 25. The molecule has 0 saturated carbocycles. The van der Waals surface area contributed by atoms with Crippen molar-refractivity contribution in [1.82, 2.24) is 80.9 Å². The highest BCUT2D eigenvalue weighted by Gasteiger charge is 2.30. The van der Waals surface area contributed by atoms with Crippen LogP contribution in [-0.2, 0) is 77.5 Å². The minimum atomic E-state index is -1.61. The highest BCUT2D eigenvalue weighted by Crippen LogP contribution is 2.21. The van der Waals surface area contributed by atoms with Crippen LogP contribution in [-0.4, -0.2) is 257 Å². The van der Waals surface area contributed by atoms with Gasteiger partial charge in [-0.2, -0.15) is 0 Å². The Labute approximate surface area is 697 Å². The molecular weight excluding hydrogens is 1620 g/mol. The molecule has 9 amide bonds. The average Bonchev–Trinajstić information content (AvgIpc) is 0.814. The van der Waals surface area contributed by atoms with E-state index in [9.17, 15) is 132 Å². The molecule has 0 unspecified atom stereocenters. The number of carboxylic acid groups (broad SMARTS) is 6. The van der Waals surface area contributed by atoms with Gasteiger partial charge in [0.1, 0.15) is 50.0 Å². The number of amides is 9. The molecule has 0 radical (unpaired) electrons. The second kappa shape index (κ2) is 44.8. The number of carbonyl (C=O) groups is 14. The van der Waals surface area contributed by atoms with Gasteiger partial charge in [0, 0.05) is 107 Å². The number of benzene rings is 2. The van der Waals surface area contributed by atoms with Crippen molar-refractivity contribution >= 4 is 94.0 Å². The first-order valence-electron chi connectivity index (χ1n) is 38.2.